The highest BCUT2D eigenvalue weighted by Gasteiger charge is 2.40. The van der Waals surface area contributed by atoms with E-state index < -0.39 is 24.0 Å². The summed E-state index contributed by atoms with van der Waals surface area (Å²) in [6, 6.07) is 9.80. The zero-order valence-electron chi connectivity index (χ0n) is 20.4. The molecule has 4 heterocycles. The molecule has 0 spiro atoms. The Bertz CT molecular complexity index is 1500. The third-order valence-corrected chi connectivity index (χ3v) is 6.47. The second-order valence-corrected chi connectivity index (χ2v) is 9.13. The van der Waals surface area contributed by atoms with Crippen molar-refractivity contribution >= 4 is 34.3 Å². The number of hydrogen-bond donors (Lipinski definition) is 1. The first-order valence-corrected chi connectivity index (χ1v) is 11.9. The number of benzene rings is 1. The number of aromatic nitrogens is 4. The van der Waals surface area contributed by atoms with Gasteiger partial charge in [-0.2, -0.15) is 0 Å². The molecule has 0 unspecified atom stereocenters. The second-order valence-electron chi connectivity index (χ2n) is 9.13. The summed E-state index contributed by atoms with van der Waals surface area (Å²) in [4.78, 5) is 52.3. The van der Waals surface area contributed by atoms with Gasteiger partial charge in [0.2, 0.25) is 11.8 Å². The number of fused-ring (bicyclic) bond motifs is 1. The second kappa shape index (κ2) is 9.88. The van der Waals surface area contributed by atoms with Gasteiger partial charge >= 0.3 is 0 Å². The molecule has 1 aromatic carbocycles. The number of ketones is 1. The van der Waals surface area contributed by atoms with Gasteiger partial charge in [-0.25, -0.2) is 19.3 Å². The highest BCUT2D eigenvalue weighted by Crippen LogP contribution is 2.29. The molecule has 0 saturated carbocycles. The van der Waals surface area contributed by atoms with Crippen molar-refractivity contribution in [2.45, 2.75) is 39.0 Å². The van der Waals surface area contributed by atoms with Gasteiger partial charge in [-0.15, -0.1) is 0 Å². The van der Waals surface area contributed by atoms with Crippen LogP contribution in [-0.4, -0.2) is 60.8 Å². The Labute approximate surface area is 212 Å². The monoisotopic (exact) mass is 500 g/mol. The van der Waals surface area contributed by atoms with E-state index in [9.17, 15) is 18.8 Å². The average molecular weight is 501 g/mol. The van der Waals surface area contributed by atoms with E-state index in [1.54, 1.807) is 48.3 Å². The molecule has 1 fully saturated rings. The lowest BCUT2D eigenvalue weighted by Crippen LogP contribution is -2.44. The van der Waals surface area contributed by atoms with Crippen molar-refractivity contribution in [3.05, 3.63) is 72.6 Å². The largest absolute Gasteiger partial charge is 0.337 e. The van der Waals surface area contributed by atoms with Crippen LogP contribution in [0.3, 0.4) is 0 Å². The van der Waals surface area contributed by atoms with Crippen LogP contribution >= 0.6 is 0 Å². The molecule has 1 saturated heterocycles. The van der Waals surface area contributed by atoms with Crippen molar-refractivity contribution in [2.75, 3.05) is 11.9 Å². The first-order chi connectivity index (χ1) is 17.8. The standard InChI is InChI=1S/C27H25FN6O3/c1-16-4-3-5-25(31-16)32-27(37)24-9-20(28)12-34(24)26(36)14-33-13-22(17(2)35)21-8-18(6-7-23(21)33)19-10-29-15-30-11-19/h3-8,10-11,13,15,20,24H,9,12,14H2,1-2H3,(H,31,32,37)/t20-,24+/m1/s1. The summed E-state index contributed by atoms with van der Waals surface area (Å²) < 4.78 is 16.1. The summed E-state index contributed by atoms with van der Waals surface area (Å²) in [6.45, 7) is 2.95. The maximum absolute atomic E-state index is 14.4. The molecule has 0 radical (unpaired) electrons. The molecule has 10 heteroatoms. The average Bonchev–Trinajstić information content (AvgIpc) is 3.45. The fraction of sp³-hybridized carbons (Fsp3) is 0.259. The number of alkyl halides is 1. The van der Waals surface area contributed by atoms with E-state index in [2.05, 4.69) is 20.3 Å². The zero-order chi connectivity index (χ0) is 26.1. The van der Waals surface area contributed by atoms with Gasteiger partial charge in [0.25, 0.3) is 0 Å². The Kier molecular flexibility index (Phi) is 6.47. The van der Waals surface area contributed by atoms with E-state index >= 15 is 0 Å². The van der Waals surface area contributed by atoms with E-state index in [1.165, 1.54) is 18.2 Å². The minimum atomic E-state index is -1.31. The van der Waals surface area contributed by atoms with Crippen LogP contribution in [0.4, 0.5) is 10.2 Å². The number of nitrogens with one attached hydrogen (secondary N) is 1. The summed E-state index contributed by atoms with van der Waals surface area (Å²) in [5.74, 6) is -0.694. The number of carbonyl (C=O) groups is 3. The Morgan fingerprint density at radius 1 is 1.11 bits per heavy atom. The minimum Gasteiger partial charge on any atom is -0.337 e. The van der Waals surface area contributed by atoms with Crippen LogP contribution in [0.15, 0.2) is 61.3 Å². The molecule has 1 N–H and O–H groups in total. The zero-order valence-corrected chi connectivity index (χ0v) is 20.4. The number of aryl methyl sites for hydroxylation is 1. The molecular weight excluding hydrogens is 475 g/mol. The smallest absolute Gasteiger partial charge is 0.248 e. The summed E-state index contributed by atoms with van der Waals surface area (Å²) in [5, 5.41) is 3.38. The molecule has 5 rings (SSSR count). The quantitative estimate of drug-likeness (QED) is 0.405. The van der Waals surface area contributed by atoms with Gasteiger partial charge in [-0.1, -0.05) is 12.1 Å². The number of rotatable bonds is 6. The predicted octanol–water partition coefficient (Wildman–Crippen LogP) is 3.58. The number of halogens is 1. The Hall–Kier alpha value is -4.47. The Morgan fingerprint density at radius 2 is 1.89 bits per heavy atom. The van der Waals surface area contributed by atoms with E-state index in [4.69, 9.17) is 0 Å². The molecule has 0 aliphatic carbocycles. The van der Waals surface area contributed by atoms with Crippen LogP contribution in [0.5, 0.6) is 0 Å². The van der Waals surface area contributed by atoms with Gasteiger partial charge in [0.1, 0.15) is 30.9 Å². The van der Waals surface area contributed by atoms with Crippen molar-refractivity contribution in [1.29, 1.82) is 0 Å². The number of Topliss-reactive ketones (excluding diaryl/α,β-unsaturated/α-hetero) is 1. The van der Waals surface area contributed by atoms with Gasteiger partial charge in [0.15, 0.2) is 5.78 Å². The van der Waals surface area contributed by atoms with Crippen molar-refractivity contribution in [1.82, 2.24) is 24.4 Å². The first kappa shape index (κ1) is 24.2. The molecule has 9 nitrogen and oxygen atoms in total. The fourth-order valence-corrected chi connectivity index (χ4v) is 4.70. The molecule has 1 aliphatic heterocycles. The van der Waals surface area contributed by atoms with Gasteiger partial charge in [-0.05, 0) is 43.7 Å². The summed E-state index contributed by atoms with van der Waals surface area (Å²) >= 11 is 0. The van der Waals surface area contributed by atoms with Crippen LogP contribution < -0.4 is 5.32 Å². The lowest BCUT2D eigenvalue weighted by atomic mass is 10.0. The number of hydrogen-bond acceptors (Lipinski definition) is 6. The normalized spacial score (nSPS) is 17.2. The van der Waals surface area contributed by atoms with Gasteiger partial charge in [0.05, 0.1) is 6.54 Å². The molecule has 1 aliphatic rings. The van der Waals surface area contributed by atoms with E-state index in [-0.39, 0.29) is 25.3 Å². The van der Waals surface area contributed by atoms with Crippen molar-refractivity contribution in [3.63, 3.8) is 0 Å². The van der Waals surface area contributed by atoms with Gasteiger partial charge < -0.3 is 14.8 Å². The van der Waals surface area contributed by atoms with E-state index in [0.29, 0.717) is 22.3 Å². The van der Waals surface area contributed by atoms with Gasteiger partial charge in [0, 0.05) is 52.7 Å². The number of amides is 2. The summed E-state index contributed by atoms with van der Waals surface area (Å²) in [6.07, 6.45) is 5.04. The van der Waals surface area contributed by atoms with Gasteiger partial charge in [-0.3, -0.25) is 14.4 Å². The van der Waals surface area contributed by atoms with Crippen molar-refractivity contribution < 1.29 is 18.8 Å². The van der Waals surface area contributed by atoms with Crippen LogP contribution in [0, 0.1) is 6.92 Å². The third-order valence-electron chi connectivity index (χ3n) is 6.47. The predicted molar refractivity (Wildman–Crippen MR) is 136 cm³/mol. The maximum atomic E-state index is 14.4. The lowest BCUT2D eigenvalue weighted by Gasteiger charge is -2.24. The SMILES string of the molecule is CC(=O)c1cn(CC(=O)N2C[C@H](F)C[C@H]2C(=O)Nc2cccc(C)n2)c2ccc(-c3cncnc3)cc12. The maximum Gasteiger partial charge on any atom is 0.248 e. The number of anilines is 1. The summed E-state index contributed by atoms with van der Waals surface area (Å²) in [5.41, 5.74) is 3.50. The molecule has 2 amide bonds. The van der Waals surface area contributed by atoms with E-state index in [1.807, 2.05) is 18.2 Å². The molecule has 188 valence electrons. The molecule has 3 aromatic heterocycles. The highest BCUT2D eigenvalue weighted by molar-refractivity contribution is 6.08. The Balaban J connectivity index is 1.41. The molecule has 37 heavy (non-hydrogen) atoms. The molecule has 2 atom stereocenters. The molecular formula is C27H25FN6O3. The Morgan fingerprint density at radius 3 is 2.62 bits per heavy atom. The van der Waals surface area contributed by atoms with Crippen LogP contribution in [-0.2, 0) is 16.1 Å². The third kappa shape index (κ3) is 4.95. The number of likely N-dealkylation sites (tertiary alicyclic amines) is 1. The van der Waals surface area contributed by atoms with Crippen LogP contribution in [0.25, 0.3) is 22.0 Å². The van der Waals surface area contributed by atoms with E-state index in [0.717, 1.165) is 16.8 Å². The topological polar surface area (TPSA) is 110 Å². The first-order valence-electron chi connectivity index (χ1n) is 11.9. The van der Waals surface area contributed by atoms with Crippen LogP contribution in [0.1, 0.15) is 29.4 Å². The molecule has 0 bridgehead atoms. The minimum absolute atomic E-state index is 0.0863. The number of pyridine rings is 1. The molecule has 4 aromatic rings. The fourth-order valence-electron chi connectivity index (χ4n) is 4.70. The summed E-state index contributed by atoms with van der Waals surface area (Å²) in [7, 11) is 0. The number of nitrogens with zero attached hydrogens (tertiary/aromatic N) is 5. The highest BCUT2D eigenvalue weighted by atomic mass is 19.1. The van der Waals surface area contributed by atoms with Crippen LogP contribution in [0.2, 0.25) is 0 Å². The number of carbonyl (C=O) groups excluding carboxylic acids is 3. The van der Waals surface area contributed by atoms with Crippen molar-refractivity contribution in [2.24, 2.45) is 0 Å². The lowest BCUT2D eigenvalue weighted by molar-refractivity contribution is -0.137. The van der Waals surface area contributed by atoms with Crippen molar-refractivity contribution in [3.8, 4) is 11.1 Å².